The van der Waals surface area contributed by atoms with Crippen LogP contribution < -0.4 is 10.9 Å². The third-order valence-electron chi connectivity index (χ3n) is 4.20. The summed E-state index contributed by atoms with van der Waals surface area (Å²) in [6.45, 7) is 0. The molecule has 0 saturated heterocycles. The van der Waals surface area contributed by atoms with E-state index in [0.717, 1.165) is 5.39 Å². The highest BCUT2D eigenvalue weighted by Gasteiger charge is 2.09. The van der Waals surface area contributed by atoms with Crippen molar-refractivity contribution in [2.75, 3.05) is 5.32 Å². The van der Waals surface area contributed by atoms with Gasteiger partial charge in [-0.15, -0.1) is 0 Å². The lowest BCUT2D eigenvalue weighted by atomic mass is 10.1. The Labute approximate surface area is 153 Å². The Morgan fingerprint density at radius 2 is 1.59 bits per heavy atom. The van der Waals surface area contributed by atoms with Crippen LogP contribution in [0.15, 0.2) is 88.1 Å². The SMILES string of the molecule is O=C(Nc1ccc(-c2cc3ccccc3oc2=O)cc1)c1ccc(F)cc1. The highest BCUT2D eigenvalue weighted by molar-refractivity contribution is 6.04. The normalized spacial score (nSPS) is 10.7. The molecule has 27 heavy (non-hydrogen) atoms. The van der Waals surface area contributed by atoms with E-state index in [0.29, 0.717) is 28.0 Å². The number of anilines is 1. The predicted molar refractivity (Wildman–Crippen MR) is 102 cm³/mol. The van der Waals surface area contributed by atoms with Crippen molar-refractivity contribution in [3.05, 3.63) is 101 Å². The summed E-state index contributed by atoms with van der Waals surface area (Å²) in [4.78, 5) is 24.4. The van der Waals surface area contributed by atoms with Crippen LogP contribution in [0.4, 0.5) is 10.1 Å². The number of benzene rings is 3. The first-order valence-corrected chi connectivity index (χ1v) is 8.30. The maximum Gasteiger partial charge on any atom is 0.344 e. The Morgan fingerprint density at radius 1 is 0.889 bits per heavy atom. The predicted octanol–water partition coefficient (Wildman–Crippen LogP) is 4.85. The van der Waals surface area contributed by atoms with Gasteiger partial charge in [0.25, 0.3) is 5.91 Å². The number of amides is 1. The van der Waals surface area contributed by atoms with Crippen molar-refractivity contribution in [2.24, 2.45) is 0 Å². The molecule has 1 heterocycles. The molecule has 132 valence electrons. The van der Waals surface area contributed by atoms with Crippen molar-refractivity contribution in [1.82, 2.24) is 0 Å². The lowest BCUT2D eigenvalue weighted by molar-refractivity contribution is 0.102. The fourth-order valence-corrected chi connectivity index (χ4v) is 2.80. The third-order valence-corrected chi connectivity index (χ3v) is 4.20. The summed E-state index contributed by atoms with van der Waals surface area (Å²) in [5.41, 5.74) is 2.18. The number of carbonyl (C=O) groups excluding carboxylic acids is 1. The van der Waals surface area contributed by atoms with Gasteiger partial charge in [0.2, 0.25) is 0 Å². The number of para-hydroxylation sites is 1. The third kappa shape index (κ3) is 3.48. The van der Waals surface area contributed by atoms with Crippen LogP contribution in [0.3, 0.4) is 0 Å². The molecule has 0 spiro atoms. The zero-order valence-electron chi connectivity index (χ0n) is 14.1. The molecule has 0 aliphatic carbocycles. The van der Waals surface area contributed by atoms with Gasteiger partial charge in [0.15, 0.2) is 0 Å². The minimum atomic E-state index is -0.420. The molecule has 0 saturated carbocycles. The molecule has 0 bridgehead atoms. The van der Waals surface area contributed by atoms with Crippen LogP contribution >= 0.6 is 0 Å². The van der Waals surface area contributed by atoms with Gasteiger partial charge in [-0.3, -0.25) is 4.79 Å². The lowest BCUT2D eigenvalue weighted by Crippen LogP contribution is -2.11. The van der Waals surface area contributed by atoms with Crippen molar-refractivity contribution >= 4 is 22.6 Å². The second kappa shape index (κ2) is 6.88. The molecule has 3 aromatic carbocycles. The van der Waals surface area contributed by atoms with E-state index in [9.17, 15) is 14.0 Å². The maximum atomic E-state index is 12.9. The van der Waals surface area contributed by atoms with Gasteiger partial charge in [-0.2, -0.15) is 0 Å². The second-order valence-electron chi connectivity index (χ2n) is 6.02. The standard InChI is InChI=1S/C22H14FNO3/c23-17-9-5-15(6-10-17)21(25)24-18-11-7-14(8-12-18)19-13-16-3-1-2-4-20(16)27-22(19)26/h1-13H,(H,24,25). The molecule has 1 aromatic heterocycles. The number of halogens is 1. The average molecular weight is 359 g/mol. The number of nitrogens with one attached hydrogen (secondary N) is 1. The van der Waals surface area contributed by atoms with Crippen molar-refractivity contribution in [2.45, 2.75) is 0 Å². The maximum absolute atomic E-state index is 12.9. The molecule has 1 N–H and O–H groups in total. The van der Waals surface area contributed by atoms with Crippen LogP contribution in [0, 0.1) is 5.82 Å². The fraction of sp³-hybridized carbons (Fsp3) is 0. The molecular weight excluding hydrogens is 345 g/mol. The van der Waals surface area contributed by atoms with E-state index in [1.807, 2.05) is 18.2 Å². The van der Waals surface area contributed by atoms with E-state index in [4.69, 9.17) is 4.42 Å². The van der Waals surface area contributed by atoms with E-state index in [1.165, 1.54) is 24.3 Å². The largest absolute Gasteiger partial charge is 0.422 e. The van der Waals surface area contributed by atoms with Gasteiger partial charge in [-0.25, -0.2) is 9.18 Å². The van der Waals surface area contributed by atoms with Crippen molar-refractivity contribution in [3.8, 4) is 11.1 Å². The molecule has 0 aliphatic heterocycles. The highest BCUT2D eigenvalue weighted by Crippen LogP contribution is 2.22. The molecular formula is C22H14FNO3. The summed E-state index contributed by atoms with van der Waals surface area (Å²) in [6.07, 6.45) is 0. The van der Waals surface area contributed by atoms with Crippen LogP contribution in [-0.4, -0.2) is 5.91 Å². The van der Waals surface area contributed by atoms with Crippen LogP contribution in [0.5, 0.6) is 0 Å². The first-order chi connectivity index (χ1) is 13.1. The number of carbonyl (C=O) groups is 1. The zero-order chi connectivity index (χ0) is 18.8. The summed E-state index contributed by atoms with van der Waals surface area (Å²) in [7, 11) is 0. The van der Waals surface area contributed by atoms with Crippen LogP contribution in [0.1, 0.15) is 10.4 Å². The van der Waals surface area contributed by atoms with Crippen LogP contribution in [0.2, 0.25) is 0 Å². The Bertz CT molecular complexity index is 1180. The van der Waals surface area contributed by atoms with Gasteiger partial charge < -0.3 is 9.73 Å². The molecule has 4 rings (SSSR count). The van der Waals surface area contributed by atoms with Gasteiger partial charge in [0.05, 0.1) is 5.56 Å². The van der Waals surface area contributed by atoms with Gasteiger partial charge in [0.1, 0.15) is 11.4 Å². The van der Waals surface area contributed by atoms with Crippen molar-refractivity contribution in [1.29, 1.82) is 0 Å². The summed E-state index contributed by atoms with van der Waals surface area (Å²) < 4.78 is 18.3. The molecule has 4 aromatic rings. The first kappa shape index (κ1) is 16.7. The minimum Gasteiger partial charge on any atom is -0.422 e. The summed E-state index contributed by atoms with van der Waals surface area (Å²) in [6, 6.07) is 21.3. The van der Waals surface area contributed by atoms with E-state index in [1.54, 1.807) is 36.4 Å². The minimum absolute atomic E-state index is 0.340. The number of rotatable bonds is 3. The summed E-state index contributed by atoms with van der Waals surface area (Å²) in [5.74, 6) is -0.738. The van der Waals surface area contributed by atoms with Crippen LogP contribution in [-0.2, 0) is 0 Å². The second-order valence-corrected chi connectivity index (χ2v) is 6.02. The number of fused-ring (bicyclic) bond motifs is 1. The molecule has 1 amide bonds. The van der Waals surface area contributed by atoms with Crippen molar-refractivity contribution < 1.29 is 13.6 Å². The molecule has 0 fully saturated rings. The molecule has 0 atom stereocenters. The van der Waals surface area contributed by atoms with Gasteiger partial charge >= 0.3 is 5.63 Å². The Hall–Kier alpha value is -3.73. The first-order valence-electron chi connectivity index (χ1n) is 8.30. The number of hydrogen-bond acceptors (Lipinski definition) is 3. The quantitative estimate of drug-likeness (QED) is 0.532. The molecule has 0 aliphatic rings. The van der Waals surface area contributed by atoms with E-state index in [2.05, 4.69) is 5.32 Å². The molecule has 5 heteroatoms. The van der Waals surface area contributed by atoms with Gasteiger partial charge in [-0.1, -0.05) is 30.3 Å². The topological polar surface area (TPSA) is 59.3 Å². The summed E-state index contributed by atoms with van der Waals surface area (Å²) >= 11 is 0. The van der Waals surface area contributed by atoms with E-state index in [-0.39, 0.29) is 5.91 Å². The highest BCUT2D eigenvalue weighted by atomic mass is 19.1. The average Bonchev–Trinajstić information content (AvgIpc) is 2.68. The Kier molecular flexibility index (Phi) is 4.26. The van der Waals surface area contributed by atoms with E-state index < -0.39 is 11.4 Å². The Balaban J connectivity index is 1.59. The smallest absolute Gasteiger partial charge is 0.344 e. The van der Waals surface area contributed by atoms with Gasteiger partial charge in [0, 0.05) is 16.6 Å². The van der Waals surface area contributed by atoms with Crippen molar-refractivity contribution in [3.63, 3.8) is 0 Å². The van der Waals surface area contributed by atoms with Crippen LogP contribution in [0.25, 0.3) is 22.1 Å². The number of hydrogen-bond donors (Lipinski definition) is 1. The zero-order valence-corrected chi connectivity index (χ0v) is 14.1. The Morgan fingerprint density at radius 3 is 2.33 bits per heavy atom. The van der Waals surface area contributed by atoms with E-state index >= 15 is 0 Å². The molecule has 0 unspecified atom stereocenters. The van der Waals surface area contributed by atoms with Gasteiger partial charge in [-0.05, 0) is 54.1 Å². The monoisotopic (exact) mass is 359 g/mol. The lowest BCUT2D eigenvalue weighted by Gasteiger charge is -2.07. The summed E-state index contributed by atoms with van der Waals surface area (Å²) in [5, 5.41) is 3.57. The molecule has 4 nitrogen and oxygen atoms in total. The molecule has 0 radical (unpaired) electrons. The fourth-order valence-electron chi connectivity index (χ4n) is 2.80.